The Hall–Kier alpha value is -1.49. The van der Waals surface area contributed by atoms with Crippen molar-refractivity contribution in [2.75, 3.05) is 7.11 Å². The lowest BCUT2D eigenvalue weighted by Crippen LogP contribution is -2.16. The van der Waals surface area contributed by atoms with Gasteiger partial charge in [-0.05, 0) is 29.3 Å². The largest absolute Gasteiger partial charge is 0.468 e. The smallest absolute Gasteiger partial charge is 0.320 e. The van der Waals surface area contributed by atoms with Gasteiger partial charge in [0.15, 0.2) is 0 Å². The van der Waals surface area contributed by atoms with E-state index in [1.807, 2.05) is 12.1 Å². The molecular formula is C17H14Cl2O3S. The first-order valence-corrected chi connectivity index (χ1v) is 8.50. The highest BCUT2D eigenvalue weighted by atomic mass is 35.5. The minimum absolute atomic E-state index is 0.530. The lowest BCUT2D eigenvalue weighted by molar-refractivity contribution is -0.143. The average molecular weight is 369 g/mol. The number of thioether (sulfide) groups is 1. The molecule has 0 saturated heterocycles. The molecule has 0 amide bonds. The summed E-state index contributed by atoms with van der Waals surface area (Å²) < 4.78 is 4.69. The summed E-state index contributed by atoms with van der Waals surface area (Å²) in [5, 5.41) is 1.17. The second-order valence-corrected chi connectivity index (χ2v) is 6.50. The van der Waals surface area contributed by atoms with Gasteiger partial charge in [-0.1, -0.05) is 47.5 Å². The molecule has 0 fully saturated rings. The predicted molar refractivity (Wildman–Crippen MR) is 93.3 cm³/mol. The second-order valence-electron chi connectivity index (χ2n) is 4.66. The molecule has 2 rings (SSSR count). The van der Waals surface area contributed by atoms with Crippen LogP contribution in [-0.4, -0.2) is 19.4 Å². The van der Waals surface area contributed by atoms with Crippen molar-refractivity contribution in [3.63, 3.8) is 0 Å². The molecule has 0 aliphatic heterocycles. The third kappa shape index (κ3) is 4.28. The fourth-order valence-corrected chi connectivity index (χ4v) is 3.91. The molecule has 3 nitrogen and oxygen atoms in total. The molecule has 1 unspecified atom stereocenters. The number of rotatable bonds is 6. The normalized spacial score (nSPS) is 11.8. The minimum atomic E-state index is -0.939. The number of hydrogen-bond donors (Lipinski definition) is 0. The Morgan fingerprint density at radius 2 is 1.83 bits per heavy atom. The number of carbonyl (C=O) groups excluding carboxylic acids is 2. The van der Waals surface area contributed by atoms with Gasteiger partial charge in [-0.15, -0.1) is 11.8 Å². The fraction of sp³-hybridized carbons (Fsp3) is 0.176. The second kappa shape index (κ2) is 8.39. The third-order valence-electron chi connectivity index (χ3n) is 3.28. The maximum Gasteiger partial charge on any atom is 0.320 e. The van der Waals surface area contributed by atoms with Crippen LogP contribution in [0.5, 0.6) is 0 Å². The molecular weight excluding hydrogens is 355 g/mol. The van der Waals surface area contributed by atoms with Crippen molar-refractivity contribution < 1.29 is 14.3 Å². The number of methoxy groups -OCH3 is 1. The zero-order valence-electron chi connectivity index (χ0n) is 12.3. The summed E-state index contributed by atoms with van der Waals surface area (Å²) in [7, 11) is 1.26. The van der Waals surface area contributed by atoms with Crippen LogP contribution in [0.3, 0.4) is 0 Å². The van der Waals surface area contributed by atoms with Crippen LogP contribution in [0, 0.1) is 0 Å². The summed E-state index contributed by atoms with van der Waals surface area (Å²) in [5.41, 5.74) is 1.43. The summed E-state index contributed by atoms with van der Waals surface area (Å²) in [6.45, 7) is 0. The molecule has 2 aromatic rings. The average Bonchev–Trinajstić information content (AvgIpc) is 2.56. The maximum absolute atomic E-state index is 11.8. The first-order valence-electron chi connectivity index (χ1n) is 6.76. The Labute approximate surface area is 148 Å². The summed E-state index contributed by atoms with van der Waals surface area (Å²) in [5.74, 6) is -0.989. The lowest BCUT2D eigenvalue weighted by atomic mass is 10.0. The van der Waals surface area contributed by atoms with Gasteiger partial charge < -0.3 is 9.53 Å². The highest BCUT2D eigenvalue weighted by Gasteiger charge is 2.23. The molecule has 0 radical (unpaired) electrons. The quantitative estimate of drug-likeness (QED) is 0.319. The number of carbonyl (C=O) groups is 2. The molecule has 0 aromatic heterocycles. The van der Waals surface area contributed by atoms with Gasteiger partial charge in [-0.3, -0.25) is 4.79 Å². The Morgan fingerprint density at radius 1 is 1.17 bits per heavy atom. The van der Waals surface area contributed by atoms with Gasteiger partial charge in [0.05, 0.1) is 7.11 Å². The van der Waals surface area contributed by atoms with Crippen molar-refractivity contribution in [3.05, 3.63) is 63.6 Å². The fourth-order valence-electron chi connectivity index (χ4n) is 2.07. The maximum atomic E-state index is 11.8. The van der Waals surface area contributed by atoms with Crippen LogP contribution in [0.2, 0.25) is 10.0 Å². The molecule has 2 aromatic carbocycles. The molecule has 0 spiro atoms. The summed E-state index contributed by atoms with van der Waals surface area (Å²) in [6, 6.07) is 12.6. The van der Waals surface area contributed by atoms with Gasteiger partial charge in [0, 0.05) is 20.7 Å². The van der Waals surface area contributed by atoms with Gasteiger partial charge in [0.25, 0.3) is 0 Å². The first kappa shape index (κ1) is 17.9. The van der Waals surface area contributed by atoms with E-state index in [9.17, 15) is 9.59 Å². The van der Waals surface area contributed by atoms with Crippen molar-refractivity contribution in [2.24, 2.45) is 0 Å². The zero-order chi connectivity index (χ0) is 16.8. The van der Waals surface area contributed by atoms with E-state index in [0.29, 0.717) is 27.6 Å². The van der Waals surface area contributed by atoms with E-state index < -0.39 is 11.9 Å². The van der Waals surface area contributed by atoms with E-state index in [-0.39, 0.29) is 0 Å². The van der Waals surface area contributed by atoms with Crippen LogP contribution in [0.15, 0.2) is 47.4 Å². The molecule has 0 heterocycles. The van der Waals surface area contributed by atoms with Gasteiger partial charge >= 0.3 is 5.97 Å². The minimum Gasteiger partial charge on any atom is -0.468 e. The summed E-state index contributed by atoms with van der Waals surface area (Å²) in [6.07, 6.45) is 0.591. The van der Waals surface area contributed by atoms with Crippen molar-refractivity contribution in [2.45, 2.75) is 16.6 Å². The highest BCUT2D eigenvalue weighted by Crippen LogP contribution is 2.35. The van der Waals surface area contributed by atoms with Crippen molar-refractivity contribution in [3.8, 4) is 0 Å². The Kier molecular flexibility index (Phi) is 6.51. The molecule has 120 valence electrons. The van der Waals surface area contributed by atoms with Crippen LogP contribution in [0.1, 0.15) is 17.0 Å². The van der Waals surface area contributed by atoms with Crippen molar-refractivity contribution in [1.82, 2.24) is 0 Å². The molecule has 0 saturated carbocycles. The lowest BCUT2D eigenvalue weighted by Gasteiger charge is -2.14. The van der Waals surface area contributed by atoms with Gasteiger partial charge in [0.1, 0.15) is 12.2 Å². The predicted octanol–water partition coefficient (Wildman–Crippen LogP) is 4.74. The van der Waals surface area contributed by atoms with E-state index in [0.717, 1.165) is 10.5 Å². The standard InChI is InChI=1S/C17H14Cl2O3S/c1-22-17(21)12(9-20)11-5-2-3-8-16(11)23-10-13-14(18)6-4-7-15(13)19/h2-9,12H,10H2,1H3. The van der Waals surface area contributed by atoms with E-state index in [1.54, 1.807) is 30.3 Å². The Bertz CT molecular complexity index is 698. The molecule has 0 N–H and O–H groups in total. The molecule has 23 heavy (non-hydrogen) atoms. The van der Waals surface area contributed by atoms with E-state index in [1.165, 1.54) is 18.9 Å². The number of aldehydes is 1. The number of halogens is 2. The van der Waals surface area contributed by atoms with E-state index in [2.05, 4.69) is 0 Å². The van der Waals surface area contributed by atoms with Crippen LogP contribution in [0.4, 0.5) is 0 Å². The number of esters is 1. The van der Waals surface area contributed by atoms with Crippen LogP contribution >= 0.6 is 35.0 Å². The number of benzene rings is 2. The molecule has 0 aliphatic rings. The zero-order valence-corrected chi connectivity index (χ0v) is 14.6. The highest BCUT2D eigenvalue weighted by molar-refractivity contribution is 7.98. The van der Waals surface area contributed by atoms with Gasteiger partial charge in [-0.2, -0.15) is 0 Å². The Morgan fingerprint density at radius 3 is 2.43 bits per heavy atom. The molecule has 0 bridgehead atoms. The molecule has 6 heteroatoms. The number of ether oxygens (including phenoxy) is 1. The van der Waals surface area contributed by atoms with Crippen LogP contribution in [-0.2, 0) is 20.1 Å². The molecule has 0 aliphatic carbocycles. The Balaban J connectivity index is 2.27. The van der Waals surface area contributed by atoms with E-state index >= 15 is 0 Å². The van der Waals surface area contributed by atoms with Gasteiger partial charge in [0.2, 0.25) is 0 Å². The van der Waals surface area contributed by atoms with Crippen LogP contribution < -0.4 is 0 Å². The van der Waals surface area contributed by atoms with Crippen molar-refractivity contribution >= 4 is 47.2 Å². The monoisotopic (exact) mass is 368 g/mol. The topological polar surface area (TPSA) is 43.4 Å². The van der Waals surface area contributed by atoms with Crippen molar-refractivity contribution in [1.29, 1.82) is 0 Å². The van der Waals surface area contributed by atoms with Crippen LogP contribution in [0.25, 0.3) is 0 Å². The van der Waals surface area contributed by atoms with E-state index in [4.69, 9.17) is 27.9 Å². The summed E-state index contributed by atoms with van der Waals surface area (Å²) >= 11 is 13.8. The third-order valence-corrected chi connectivity index (χ3v) is 5.10. The first-order chi connectivity index (χ1) is 11.1. The van der Waals surface area contributed by atoms with Gasteiger partial charge in [-0.25, -0.2) is 0 Å². The number of hydrogen-bond acceptors (Lipinski definition) is 4. The SMILES string of the molecule is COC(=O)C(C=O)c1ccccc1SCc1c(Cl)cccc1Cl. The molecule has 1 atom stereocenters. The summed E-state index contributed by atoms with van der Waals surface area (Å²) in [4.78, 5) is 23.9.